The molecule has 1 amide bonds. The zero-order valence-electron chi connectivity index (χ0n) is 16.7. The average molecular weight is 389 g/mol. The topological polar surface area (TPSA) is 90.9 Å². The number of ether oxygens (including phenoxy) is 3. The van der Waals surface area contributed by atoms with Gasteiger partial charge in [0.2, 0.25) is 0 Å². The van der Waals surface area contributed by atoms with E-state index < -0.39 is 29.5 Å². The minimum absolute atomic E-state index is 0.0467. The Morgan fingerprint density at radius 1 is 1.04 bits per heavy atom. The molecule has 1 unspecified atom stereocenters. The van der Waals surface area contributed by atoms with Crippen LogP contribution >= 0.6 is 0 Å². The van der Waals surface area contributed by atoms with Gasteiger partial charge in [0.1, 0.15) is 6.61 Å². The van der Waals surface area contributed by atoms with Gasteiger partial charge in [-0.3, -0.25) is 9.59 Å². The van der Waals surface area contributed by atoms with E-state index in [4.69, 9.17) is 14.2 Å². The Morgan fingerprint density at radius 2 is 1.61 bits per heavy atom. The Labute approximate surface area is 165 Å². The van der Waals surface area contributed by atoms with Crippen LogP contribution in [0.3, 0.4) is 0 Å². The first-order valence-electron chi connectivity index (χ1n) is 9.11. The van der Waals surface area contributed by atoms with Crippen LogP contribution in [-0.4, -0.2) is 37.3 Å². The van der Waals surface area contributed by atoms with Gasteiger partial charge in [0.05, 0.1) is 19.3 Å². The highest BCUT2D eigenvalue weighted by atomic mass is 16.6. The Balaban J connectivity index is 3.02. The van der Waals surface area contributed by atoms with E-state index in [0.29, 0.717) is 0 Å². The molecular weight excluding hydrogens is 362 g/mol. The minimum atomic E-state index is -1.76. The Kier molecular flexibility index (Phi) is 9.58. The van der Waals surface area contributed by atoms with E-state index in [1.807, 2.05) is 30.3 Å². The summed E-state index contributed by atoms with van der Waals surface area (Å²) in [5, 5.41) is 2.58. The molecule has 28 heavy (non-hydrogen) atoms. The van der Waals surface area contributed by atoms with Crippen LogP contribution in [0.25, 0.3) is 0 Å². The highest BCUT2D eigenvalue weighted by Gasteiger charge is 2.51. The van der Waals surface area contributed by atoms with Crippen LogP contribution < -0.4 is 5.32 Å². The van der Waals surface area contributed by atoms with Gasteiger partial charge in [0.25, 0.3) is 0 Å². The second-order valence-electron chi connectivity index (χ2n) is 6.03. The summed E-state index contributed by atoms with van der Waals surface area (Å²) in [6.07, 6.45) is -0.725. The lowest BCUT2D eigenvalue weighted by Crippen LogP contribution is -2.56. The second-order valence-corrected chi connectivity index (χ2v) is 6.03. The maximum absolute atomic E-state index is 12.6. The van der Waals surface area contributed by atoms with Crippen LogP contribution in [0.1, 0.15) is 39.7 Å². The summed E-state index contributed by atoms with van der Waals surface area (Å²) < 4.78 is 15.3. The predicted molar refractivity (Wildman–Crippen MR) is 103 cm³/mol. The number of hydrogen-bond donors (Lipinski definition) is 1. The fraction of sp³-hybridized carbons (Fsp3) is 0.476. The third-order valence-electron chi connectivity index (χ3n) is 4.08. The predicted octanol–water partition coefficient (Wildman–Crippen LogP) is 2.83. The van der Waals surface area contributed by atoms with E-state index in [2.05, 4.69) is 17.2 Å². The highest BCUT2D eigenvalue weighted by Crippen LogP contribution is 2.28. The van der Waals surface area contributed by atoms with Crippen molar-refractivity contribution in [2.24, 2.45) is 5.41 Å². The van der Waals surface area contributed by atoms with Crippen molar-refractivity contribution in [2.75, 3.05) is 13.2 Å². The first-order valence-corrected chi connectivity index (χ1v) is 9.11. The summed E-state index contributed by atoms with van der Waals surface area (Å²) in [7, 11) is 0. The zero-order chi connectivity index (χ0) is 21.0. The average Bonchev–Trinajstić information content (AvgIpc) is 2.70. The number of amides is 1. The molecule has 0 bridgehead atoms. The van der Waals surface area contributed by atoms with Crippen LogP contribution in [0.4, 0.5) is 4.79 Å². The molecule has 0 aliphatic carbocycles. The Morgan fingerprint density at radius 3 is 2.11 bits per heavy atom. The third-order valence-corrected chi connectivity index (χ3v) is 4.08. The summed E-state index contributed by atoms with van der Waals surface area (Å²) >= 11 is 0. The van der Waals surface area contributed by atoms with Gasteiger partial charge in [-0.25, -0.2) is 4.79 Å². The minimum Gasteiger partial charge on any atom is -0.465 e. The van der Waals surface area contributed by atoms with Gasteiger partial charge >= 0.3 is 18.0 Å². The van der Waals surface area contributed by atoms with E-state index in [-0.39, 0.29) is 26.2 Å². The van der Waals surface area contributed by atoms with E-state index >= 15 is 0 Å². The normalized spacial score (nSPS) is 11.4. The molecule has 0 spiro atoms. The fourth-order valence-corrected chi connectivity index (χ4v) is 2.44. The number of rotatable bonds is 9. The van der Waals surface area contributed by atoms with Crippen molar-refractivity contribution >= 4 is 18.0 Å². The van der Waals surface area contributed by atoms with Crippen molar-refractivity contribution in [1.29, 1.82) is 0 Å². The number of hydrogen-bond acceptors (Lipinski definition) is 6. The zero-order valence-corrected chi connectivity index (χ0v) is 16.7. The van der Waals surface area contributed by atoms with Gasteiger partial charge < -0.3 is 19.5 Å². The molecule has 0 aliphatic rings. The molecule has 1 aromatic carbocycles. The van der Waals surface area contributed by atoms with Gasteiger partial charge in [-0.2, -0.15) is 0 Å². The molecular formula is C21H27NO6. The van der Waals surface area contributed by atoms with Gasteiger partial charge in [-0.05, 0) is 33.3 Å². The standard InChI is InChI=1S/C21H27NO6/c1-5-8-14-17(21(4,18(23)26-6-2)19(24)27-7-3)22-20(25)28-15-16-12-10-9-11-13-16/h9-13,17H,6-7,14-15H2,1-4H3,(H,22,25). The van der Waals surface area contributed by atoms with Crippen LogP contribution in [0.5, 0.6) is 0 Å². The van der Waals surface area contributed by atoms with Crippen molar-refractivity contribution in [3.8, 4) is 11.8 Å². The molecule has 0 aliphatic heterocycles. The molecule has 0 fully saturated rings. The van der Waals surface area contributed by atoms with E-state index in [0.717, 1.165) is 5.56 Å². The lowest BCUT2D eigenvalue weighted by atomic mass is 9.80. The van der Waals surface area contributed by atoms with E-state index in [1.165, 1.54) is 6.92 Å². The number of alkyl carbamates (subject to hydrolysis) is 1. The Bertz CT molecular complexity index is 701. The van der Waals surface area contributed by atoms with Crippen LogP contribution in [-0.2, 0) is 30.4 Å². The summed E-state index contributed by atoms with van der Waals surface area (Å²) in [5.41, 5.74) is -0.956. The van der Waals surface area contributed by atoms with Gasteiger partial charge in [0, 0.05) is 6.42 Å². The number of esters is 2. The lowest BCUT2D eigenvalue weighted by Gasteiger charge is -2.32. The maximum Gasteiger partial charge on any atom is 0.407 e. The number of carbonyl (C=O) groups is 3. The van der Waals surface area contributed by atoms with Gasteiger partial charge in [0.15, 0.2) is 5.41 Å². The van der Waals surface area contributed by atoms with Gasteiger partial charge in [-0.15, -0.1) is 11.8 Å². The second kappa shape index (κ2) is 11.7. The Hall–Kier alpha value is -3.01. The van der Waals surface area contributed by atoms with Crippen molar-refractivity contribution in [3.05, 3.63) is 35.9 Å². The number of benzene rings is 1. The summed E-state index contributed by atoms with van der Waals surface area (Å²) in [6, 6.07) is 8.15. The maximum atomic E-state index is 12.6. The van der Waals surface area contributed by atoms with Crippen LogP contribution in [0, 0.1) is 17.3 Å². The molecule has 1 N–H and O–H groups in total. The molecule has 7 heteroatoms. The molecule has 7 nitrogen and oxygen atoms in total. The monoisotopic (exact) mass is 389 g/mol. The first-order chi connectivity index (χ1) is 13.4. The first kappa shape index (κ1) is 23.0. The summed E-state index contributed by atoms with van der Waals surface area (Å²) in [6.45, 7) is 6.47. The molecule has 1 aromatic rings. The SMILES string of the molecule is CC#CCC(NC(=O)OCc1ccccc1)C(C)(C(=O)OCC)C(=O)OCC. The third kappa shape index (κ3) is 6.31. The van der Waals surface area contributed by atoms with Crippen LogP contribution in [0.2, 0.25) is 0 Å². The summed E-state index contributed by atoms with van der Waals surface area (Å²) in [5.74, 6) is 3.90. The van der Waals surface area contributed by atoms with Crippen molar-refractivity contribution < 1.29 is 28.6 Å². The molecule has 152 valence electrons. The van der Waals surface area contributed by atoms with Crippen molar-refractivity contribution in [3.63, 3.8) is 0 Å². The smallest absolute Gasteiger partial charge is 0.407 e. The van der Waals surface area contributed by atoms with E-state index in [9.17, 15) is 14.4 Å². The molecule has 0 heterocycles. The highest BCUT2D eigenvalue weighted by molar-refractivity contribution is 6.01. The van der Waals surface area contributed by atoms with E-state index in [1.54, 1.807) is 20.8 Å². The molecule has 0 aromatic heterocycles. The van der Waals surface area contributed by atoms with Crippen molar-refractivity contribution in [1.82, 2.24) is 5.32 Å². The molecule has 0 radical (unpaired) electrons. The largest absolute Gasteiger partial charge is 0.465 e. The lowest BCUT2D eigenvalue weighted by molar-refractivity contribution is -0.172. The summed E-state index contributed by atoms with van der Waals surface area (Å²) in [4.78, 5) is 37.5. The molecule has 0 saturated carbocycles. The van der Waals surface area contributed by atoms with Crippen molar-refractivity contribution in [2.45, 2.75) is 46.8 Å². The van der Waals surface area contributed by atoms with Gasteiger partial charge in [-0.1, -0.05) is 30.3 Å². The quantitative estimate of drug-likeness (QED) is 0.302. The number of carbonyl (C=O) groups excluding carboxylic acids is 3. The van der Waals surface area contributed by atoms with Crippen LogP contribution in [0.15, 0.2) is 30.3 Å². The molecule has 1 rings (SSSR count). The molecule has 0 saturated heterocycles. The fourth-order valence-electron chi connectivity index (χ4n) is 2.44. The molecule has 1 atom stereocenters. The number of nitrogens with one attached hydrogen (secondary N) is 1.